The van der Waals surface area contributed by atoms with E-state index in [-0.39, 0.29) is 11.2 Å². The summed E-state index contributed by atoms with van der Waals surface area (Å²) in [6, 6.07) is 1.63. The van der Waals surface area contributed by atoms with Crippen LogP contribution in [0, 0.1) is 0 Å². The Balaban J connectivity index is 1.71. The Bertz CT molecular complexity index is 809. The van der Waals surface area contributed by atoms with E-state index in [1.165, 1.54) is 6.20 Å². The number of pyridine rings is 1. The van der Waals surface area contributed by atoms with Crippen molar-refractivity contribution in [3.05, 3.63) is 22.4 Å². The number of carbonyl (C=O) groups excluding carboxylic acids is 1. The number of fused-ring (bicyclic) bond motifs is 1. The van der Waals surface area contributed by atoms with Crippen molar-refractivity contribution in [1.82, 2.24) is 20.3 Å². The molecule has 0 saturated carbocycles. The predicted octanol–water partition coefficient (Wildman–Crippen LogP) is 3.44. The molecule has 7 nitrogen and oxygen atoms in total. The molecule has 3 heterocycles. The highest BCUT2D eigenvalue weighted by atomic mass is 35.5. The number of hydrogen-bond donors (Lipinski definition) is 1. The van der Waals surface area contributed by atoms with E-state index in [0.717, 1.165) is 6.42 Å². The third kappa shape index (κ3) is 4.41. The van der Waals surface area contributed by atoms with Crippen molar-refractivity contribution >= 4 is 46.3 Å². The van der Waals surface area contributed by atoms with Gasteiger partial charge in [0.25, 0.3) is 0 Å². The molecular formula is C16H19Cl2N5O2. The van der Waals surface area contributed by atoms with E-state index in [4.69, 9.17) is 27.9 Å². The molecule has 25 heavy (non-hydrogen) atoms. The maximum Gasteiger partial charge on any atom is 0.407 e. The second-order valence-electron chi connectivity index (χ2n) is 6.91. The molecule has 0 bridgehead atoms. The number of hydrogen-bond acceptors (Lipinski definition) is 6. The molecule has 1 aliphatic rings. The molecular weight excluding hydrogens is 365 g/mol. The quantitative estimate of drug-likeness (QED) is 0.855. The molecule has 1 amide bonds. The summed E-state index contributed by atoms with van der Waals surface area (Å²) in [5.74, 6) is 0.553. The summed E-state index contributed by atoms with van der Waals surface area (Å²) in [4.78, 5) is 26.9. The van der Waals surface area contributed by atoms with Crippen LogP contribution in [0.2, 0.25) is 10.2 Å². The van der Waals surface area contributed by atoms with Gasteiger partial charge in [0.15, 0.2) is 16.6 Å². The van der Waals surface area contributed by atoms with E-state index in [9.17, 15) is 4.79 Å². The van der Waals surface area contributed by atoms with Crippen LogP contribution < -0.4 is 10.2 Å². The maximum absolute atomic E-state index is 11.9. The number of ether oxygens (including phenoxy) is 1. The first-order valence-electron chi connectivity index (χ1n) is 7.94. The van der Waals surface area contributed by atoms with Gasteiger partial charge in [-0.05, 0) is 33.3 Å². The van der Waals surface area contributed by atoms with E-state index >= 15 is 0 Å². The highest BCUT2D eigenvalue weighted by Gasteiger charge is 2.28. The molecule has 0 aromatic carbocycles. The minimum Gasteiger partial charge on any atom is -0.444 e. The molecule has 9 heteroatoms. The van der Waals surface area contributed by atoms with E-state index in [2.05, 4.69) is 20.3 Å². The molecule has 2 aromatic rings. The Kier molecular flexibility index (Phi) is 4.88. The first-order chi connectivity index (χ1) is 11.7. The Labute approximate surface area is 155 Å². The zero-order valence-electron chi connectivity index (χ0n) is 14.2. The molecule has 1 saturated heterocycles. The minimum absolute atomic E-state index is 0.0402. The first kappa shape index (κ1) is 17.9. The summed E-state index contributed by atoms with van der Waals surface area (Å²) in [5.41, 5.74) is 0.499. The first-order valence-corrected chi connectivity index (χ1v) is 8.70. The van der Waals surface area contributed by atoms with Crippen LogP contribution in [-0.2, 0) is 4.74 Å². The van der Waals surface area contributed by atoms with Crippen LogP contribution in [-0.4, -0.2) is 45.8 Å². The SMILES string of the molecule is CC(C)(C)OC(=O)N[C@@H]1CCN(c2nc3ncc(Cl)cc3nc2Cl)C1. The number of nitrogens with one attached hydrogen (secondary N) is 1. The molecule has 3 rings (SSSR count). The van der Waals surface area contributed by atoms with Gasteiger partial charge >= 0.3 is 6.09 Å². The van der Waals surface area contributed by atoms with Crippen LogP contribution in [0.3, 0.4) is 0 Å². The number of carbonyl (C=O) groups is 1. The van der Waals surface area contributed by atoms with Gasteiger partial charge < -0.3 is 15.0 Å². The molecule has 1 N–H and O–H groups in total. The lowest BCUT2D eigenvalue weighted by Gasteiger charge is -2.22. The van der Waals surface area contributed by atoms with Crippen molar-refractivity contribution in [2.75, 3.05) is 18.0 Å². The normalized spacial score (nSPS) is 17.8. The molecule has 1 aliphatic heterocycles. The smallest absolute Gasteiger partial charge is 0.407 e. The number of aromatic nitrogens is 3. The zero-order chi connectivity index (χ0) is 18.2. The van der Waals surface area contributed by atoms with Gasteiger partial charge in [0.1, 0.15) is 11.1 Å². The Morgan fingerprint density at radius 2 is 2.12 bits per heavy atom. The maximum atomic E-state index is 11.9. The van der Waals surface area contributed by atoms with Gasteiger partial charge in [0.2, 0.25) is 0 Å². The van der Waals surface area contributed by atoms with E-state index < -0.39 is 11.7 Å². The number of amides is 1. The van der Waals surface area contributed by atoms with Crippen molar-refractivity contribution in [2.24, 2.45) is 0 Å². The summed E-state index contributed by atoms with van der Waals surface area (Å²) < 4.78 is 5.29. The van der Waals surface area contributed by atoms with Gasteiger partial charge in [-0.2, -0.15) is 0 Å². The van der Waals surface area contributed by atoms with Gasteiger partial charge in [0, 0.05) is 19.3 Å². The van der Waals surface area contributed by atoms with Gasteiger partial charge in [-0.25, -0.2) is 19.7 Å². The lowest BCUT2D eigenvalue weighted by atomic mass is 10.2. The standard InChI is InChI=1S/C16H19Cl2N5O2/c1-16(2,3)25-15(24)20-10-4-5-23(8-10)14-12(18)21-11-6-9(17)7-19-13(11)22-14/h6-7,10H,4-5,8H2,1-3H3,(H,20,24)/t10-/m1/s1. The topological polar surface area (TPSA) is 80.2 Å². The Morgan fingerprint density at radius 1 is 1.36 bits per heavy atom. The van der Waals surface area contributed by atoms with Gasteiger partial charge in [-0.1, -0.05) is 23.2 Å². The van der Waals surface area contributed by atoms with Crippen LogP contribution >= 0.6 is 23.2 Å². The summed E-state index contributed by atoms with van der Waals surface area (Å²) in [6.45, 7) is 6.77. The van der Waals surface area contributed by atoms with Crippen molar-refractivity contribution in [3.8, 4) is 0 Å². The lowest BCUT2D eigenvalue weighted by Crippen LogP contribution is -2.40. The van der Waals surface area contributed by atoms with Crippen molar-refractivity contribution in [2.45, 2.75) is 38.8 Å². The summed E-state index contributed by atoms with van der Waals surface area (Å²) in [5, 5.41) is 3.64. The van der Waals surface area contributed by atoms with Gasteiger partial charge in [-0.3, -0.25) is 0 Å². The fourth-order valence-corrected chi connectivity index (χ4v) is 3.04. The number of alkyl carbamates (subject to hydrolysis) is 1. The second kappa shape index (κ2) is 6.80. The fraction of sp³-hybridized carbons (Fsp3) is 0.500. The molecule has 1 atom stereocenters. The minimum atomic E-state index is -0.525. The Morgan fingerprint density at radius 3 is 2.84 bits per heavy atom. The number of nitrogens with zero attached hydrogens (tertiary/aromatic N) is 4. The molecule has 134 valence electrons. The third-order valence-electron chi connectivity index (χ3n) is 3.64. The van der Waals surface area contributed by atoms with Gasteiger partial charge in [0.05, 0.1) is 11.1 Å². The van der Waals surface area contributed by atoms with Crippen LogP contribution in [0.5, 0.6) is 0 Å². The summed E-state index contributed by atoms with van der Waals surface area (Å²) in [6.07, 6.45) is 1.86. The molecule has 0 spiro atoms. The predicted molar refractivity (Wildman–Crippen MR) is 97.3 cm³/mol. The zero-order valence-corrected chi connectivity index (χ0v) is 15.7. The number of anilines is 1. The molecule has 0 unspecified atom stereocenters. The second-order valence-corrected chi connectivity index (χ2v) is 7.71. The monoisotopic (exact) mass is 383 g/mol. The van der Waals surface area contributed by atoms with Crippen LogP contribution in [0.15, 0.2) is 12.3 Å². The largest absolute Gasteiger partial charge is 0.444 e. The molecule has 1 fully saturated rings. The highest BCUT2D eigenvalue weighted by molar-refractivity contribution is 6.32. The summed E-state index contributed by atoms with van der Waals surface area (Å²) >= 11 is 12.2. The molecule has 2 aromatic heterocycles. The van der Waals surface area contributed by atoms with Crippen LogP contribution in [0.25, 0.3) is 11.2 Å². The summed E-state index contributed by atoms with van der Waals surface area (Å²) in [7, 11) is 0. The van der Waals surface area contributed by atoms with E-state index in [0.29, 0.717) is 35.1 Å². The number of halogens is 2. The van der Waals surface area contributed by atoms with Crippen molar-refractivity contribution < 1.29 is 9.53 Å². The van der Waals surface area contributed by atoms with E-state index in [1.54, 1.807) is 6.07 Å². The molecule has 0 radical (unpaired) electrons. The fourth-order valence-electron chi connectivity index (χ4n) is 2.64. The number of rotatable bonds is 2. The van der Waals surface area contributed by atoms with Crippen LogP contribution in [0.4, 0.5) is 10.6 Å². The van der Waals surface area contributed by atoms with Crippen molar-refractivity contribution in [1.29, 1.82) is 0 Å². The highest BCUT2D eigenvalue weighted by Crippen LogP contribution is 2.27. The Hall–Kier alpha value is -1.86. The average molecular weight is 384 g/mol. The molecule has 0 aliphatic carbocycles. The third-order valence-corrected chi connectivity index (χ3v) is 4.10. The lowest BCUT2D eigenvalue weighted by molar-refractivity contribution is 0.0509. The van der Waals surface area contributed by atoms with E-state index in [1.807, 2.05) is 25.7 Å². The van der Waals surface area contributed by atoms with Gasteiger partial charge in [-0.15, -0.1) is 0 Å². The van der Waals surface area contributed by atoms with Crippen LogP contribution in [0.1, 0.15) is 27.2 Å². The average Bonchev–Trinajstić information content (AvgIpc) is 2.92. The van der Waals surface area contributed by atoms with Crippen molar-refractivity contribution in [3.63, 3.8) is 0 Å².